The number of aryl methyl sites for hydroxylation is 2. The Hall–Kier alpha value is -3.43. The molecular formula is C26H26FN3O4S. The van der Waals surface area contributed by atoms with Gasteiger partial charge in [-0.2, -0.15) is 4.31 Å². The lowest BCUT2D eigenvalue weighted by molar-refractivity contribution is 0.266. The van der Waals surface area contributed by atoms with Gasteiger partial charge in [0.2, 0.25) is 10.0 Å². The van der Waals surface area contributed by atoms with Gasteiger partial charge in [-0.1, -0.05) is 12.1 Å². The summed E-state index contributed by atoms with van der Waals surface area (Å²) in [5.41, 5.74) is 2.97. The van der Waals surface area contributed by atoms with E-state index >= 15 is 0 Å². The topological polar surface area (TPSA) is 71.4 Å². The number of fused-ring (bicyclic) bond motifs is 2. The lowest BCUT2D eigenvalue weighted by atomic mass is 10.1. The van der Waals surface area contributed by atoms with Crippen molar-refractivity contribution in [3.05, 3.63) is 77.1 Å². The van der Waals surface area contributed by atoms with Crippen LogP contribution in [0.25, 0.3) is 0 Å². The van der Waals surface area contributed by atoms with Crippen molar-refractivity contribution >= 4 is 21.5 Å². The van der Waals surface area contributed by atoms with Gasteiger partial charge in [0.25, 0.3) is 0 Å². The van der Waals surface area contributed by atoms with Crippen molar-refractivity contribution < 1.29 is 22.3 Å². The predicted octanol–water partition coefficient (Wildman–Crippen LogP) is 4.64. The van der Waals surface area contributed by atoms with E-state index < -0.39 is 15.8 Å². The molecule has 0 spiro atoms. The molecule has 0 aromatic heterocycles. The van der Waals surface area contributed by atoms with Crippen LogP contribution in [0.15, 0.2) is 64.5 Å². The fourth-order valence-corrected chi connectivity index (χ4v) is 5.69. The Morgan fingerprint density at radius 1 is 0.943 bits per heavy atom. The summed E-state index contributed by atoms with van der Waals surface area (Å²) < 4.78 is 53.3. The van der Waals surface area contributed by atoms with Crippen LogP contribution in [0.4, 0.5) is 10.1 Å². The molecule has 0 aliphatic carbocycles. The first-order valence-electron chi connectivity index (χ1n) is 11.3. The molecule has 0 atom stereocenters. The van der Waals surface area contributed by atoms with Gasteiger partial charge in [0.1, 0.15) is 28.8 Å². The molecule has 3 aromatic rings. The third-order valence-electron chi connectivity index (χ3n) is 6.31. The van der Waals surface area contributed by atoms with Gasteiger partial charge in [-0.3, -0.25) is 0 Å². The van der Waals surface area contributed by atoms with E-state index in [1.54, 1.807) is 14.0 Å². The second-order valence-electron chi connectivity index (χ2n) is 8.67. The molecule has 182 valence electrons. The highest BCUT2D eigenvalue weighted by atomic mass is 32.2. The molecule has 0 N–H and O–H groups in total. The van der Waals surface area contributed by atoms with Crippen molar-refractivity contribution in [1.29, 1.82) is 0 Å². The number of halogens is 1. The van der Waals surface area contributed by atoms with Crippen LogP contribution in [-0.4, -0.2) is 56.7 Å². The summed E-state index contributed by atoms with van der Waals surface area (Å²) in [4.78, 5) is 6.96. The SMILES string of the molecule is COc1ccc2c(c1)Oc1cc(C)ccc1N=C2N1CCN(S(=O)(=O)c2ccc(C)c(F)c2)CC1. The Bertz CT molecular complexity index is 1430. The highest BCUT2D eigenvalue weighted by Crippen LogP contribution is 2.40. The molecule has 1 saturated heterocycles. The number of piperazine rings is 1. The molecule has 0 unspecified atom stereocenters. The maximum absolute atomic E-state index is 14.0. The first-order valence-corrected chi connectivity index (χ1v) is 12.8. The van der Waals surface area contributed by atoms with E-state index in [2.05, 4.69) is 4.90 Å². The van der Waals surface area contributed by atoms with Crippen LogP contribution in [0.2, 0.25) is 0 Å². The number of nitrogens with zero attached hydrogens (tertiary/aromatic N) is 3. The number of sulfonamides is 1. The Morgan fingerprint density at radius 2 is 1.71 bits per heavy atom. The number of methoxy groups -OCH3 is 1. The van der Waals surface area contributed by atoms with Crippen molar-refractivity contribution in [3.63, 3.8) is 0 Å². The predicted molar refractivity (Wildman–Crippen MR) is 132 cm³/mol. The lowest BCUT2D eigenvalue weighted by Gasteiger charge is -2.36. The van der Waals surface area contributed by atoms with Crippen LogP contribution >= 0.6 is 0 Å². The maximum Gasteiger partial charge on any atom is 0.243 e. The van der Waals surface area contributed by atoms with E-state index in [1.165, 1.54) is 16.4 Å². The number of benzene rings is 3. The van der Waals surface area contributed by atoms with Crippen LogP contribution in [0.5, 0.6) is 17.2 Å². The molecule has 1 fully saturated rings. The summed E-state index contributed by atoms with van der Waals surface area (Å²) in [5.74, 6) is 2.12. The monoisotopic (exact) mass is 495 g/mol. The second-order valence-corrected chi connectivity index (χ2v) is 10.6. The van der Waals surface area contributed by atoms with Crippen LogP contribution in [0, 0.1) is 19.7 Å². The first-order chi connectivity index (χ1) is 16.8. The zero-order chi connectivity index (χ0) is 24.7. The summed E-state index contributed by atoms with van der Waals surface area (Å²) in [6.07, 6.45) is 0. The average Bonchev–Trinajstić information content (AvgIpc) is 3.01. The van der Waals surface area contributed by atoms with E-state index in [1.807, 2.05) is 43.3 Å². The molecule has 35 heavy (non-hydrogen) atoms. The highest BCUT2D eigenvalue weighted by molar-refractivity contribution is 7.89. The Kier molecular flexibility index (Phi) is 5.98. The fourth-order valence-electron chi connectivity index (χ4n) is 4.25. The minimum Gasteiger partial charge on any atom is -0.497 e. The number of rotatable bonds is 3. The Balaban J connectivity index is 1.45. The smallest absolute Gasteiger partial charge is 0.243 e. The van der Waals surface area contributed by atoms with E-state index in [-0.39, 0.29) is 18.0 Å². The summed E-state index contributed by atoms with van der Waals surface area (Å²) in [6.45, 7) is 4.96. The van der Waals surface area contributed by atoms with Crippen molar-refractivity contribution in [2.45, 2.75) is 18.7 Å². The summed E-state index contributed by atoms with van der Waals surface area (Å²) >= 11 is 0. The third-order valence-corrected chi connectivity index (χ3v) is 8.21. The molecule has 3 aromatic carbocycles. The normalized spacial score (nSPS) is 16.0. The first kappa shape index (κ1) is 23.3. The Morgan fingerprint density at radius 3 is 2.43 bits per heavy atom. The molecule has 2 aliphatic heterocycles. The zero-order valence-corrected chi connectivity index (χ0v) is 20.6. The number of amidine groups is 1. The molecular weight excluding hydrogens is 469 g/mol. The minimum atomic E-state index is -3.80. The van der Waals surface area contributed by atoms with Gasteiger partial charge < -0.3 is 14.4 Å². The molecule has 0 radical (unpaired) electrons. The zero-order valence-electron chi connectivity index (χ0n) is 19.8. The summed E-state index contributed by atoms with van der Waals surface area (Å²) in [7, 11) is -2.20. The van der Waals surface area contributed by atoms with E-state index in [0.717, 1.165) is 17.2 Å². The summed E-state index contributed by atoms with van der Waals surface area (Å²) in [6, 6.07) is 15.5. The van der Waals surface area contributed by atoms with E-state index in [9.17, 15) is 12.8 Å². The summed E-state index contributed by atoms with van der Waals surface area (Å²) in [5, 5.41) is 0. The van der Waals surface area contributed by atoms with Gasteiger partial charge in [0.05, 0.1) is 17.6 Å². The minimum absolute atomic E-state index is 0.0315. The van der Waals surface area contributed by atoms with Gasteiger partial charge in [-0.15, -0.1) is 0 Å². The third kappa shape index (κ3) is 4.37. The standard InChI is InChI=1S/C26H26FN3O4S/c1-17-4-9-23-25(14-17)34-24-15-19(33-3)6-8-21(24)26(28-23)29-10-12-30(13-11-29)35(31,32)20-7-5-18(2)22(27)16-20/h4-9,14-16H,10-13H2,1-3H3. The van der Waals surface area contributed by atoms with Crippen molar-refractivity contribution in [3.8, 4) is 17.2 Å². The molecule has 0 saturated carbocycles. The van der Waals surface area contributed by atoms with E-state index in [0.29, 0.717) is 47.4 Å². The number of ether oxygens (including phenoxy) is 2. The molecule has 5 rings (SSSR count). The number of aliphatic imine (C=N–C) groups is 1. The van der Waals surface area contributed by atoms with Crippen molar-refractivity contribution in [1.82, 2.24) is 9.21 Å². The van der Waals surface area contributed by atoms with Crippen LogP contribution in [0.3, 0.4) is 0 Å². The number of hydrogen-bond acceptors (Lipinski definition) is 6. The van der Waals surface area contributed by atoms with Gasteiger partial charge in [0.15, 0.2) is 5.75 Å². The van der Waals surface area contributed by atoms with Crippen LogP contribution in [0.1, 0.15) is 16.7 Å². The number of hydrogen-bond donors (Lipinski definition) is 0. The maximum atomic E-state index is 14.0. The van der Waals surface area contributed by atoms with Crippen LogP contribution in [-0.2, 0) is 10.0 Å². The van der Waals surface area contributed by atoms with Crippen LogP contribution < -0.4 is 9.47 Å². The van der Waals surface area contributed by atoms with Gasteiger partial charge in [0, 0.05) is 32.2 Å². The van der Waals surface area contributed by atoms with E-state index in [4.69, 9.17) is 14.5 Å². The highest BCUT2D eigenvalue weighted by Gasteiger charge is 2.32. The molecule has 7 nitrogen and oxygen atoms in total. The lowest BCUT2D eigenvalue weighted by Crippen LogP contribution is -2.50. The second kappa shape index (κ2) is 8.98. The molecule has 2 heterocycles. The molecule has 2 aliphatic rings. The quantitative estimate of drug-likeness (QED) is 0.529. The molecule has 9 heteroatoms. The largest absolute Gasteiger partial charge is 0.497 e. The Labute approximate surface area is 204 Å². The average molecular weight is 496 g/mol. The van der Waals surface area contributed by atoms with Crippen molar-refractivity contribution in [2.75, 3.05) is 33.3 Å². The van der Waals surface area contributed by atoms with Crippen molar-refractivity contribution in [2.24, 2.45) is 4.99 Å². The van der Waals surface area contributed by atoms with Gasteiger partial charge >= 0.3 is 0 Å². The molecule has 0 amide bonds. The van der Waals surface area contributed by atoms with Gasteiger partial charge in [-0.25, -0.2) is 17.8 Å². The molecule has 0 bridgehead atoms. The van der Waals surface area contributed by atoms with Gasteiger partial charge in [-0.05, 0) is 61.4 Å². The fraction of sp³-hybridized carbons (Fsp3) is 0.269.